The smallest absolute Gasteiger partial charge is 0.301 e. The number of aromatic amines is 1. The first-order chi connectivity index (χ1) is 6.75. The highest BCUT2D eigenvalue weighted by Crippen LogP contribution is 2.07. The van der Waals surface area contributed by atoms with Crippen molar-refractivity contribution in [1.29, 1.82) is 0 Å². The lowest BCUT2D eigenvalue weighted by molar-refractivity contribution is 0.102. The average Bonchev–Trinajstić information content (AvgIpc) is 2.75. The fourth-order valence-electron chi connectivity index (χ4n) is 0.956. The Morgan fingerprint density at radius 1 is 1.64 bits per heavy atom. The van der Waals surface area contributed by atoms with E-state index in [1.54, 1.807) is 6.92 Å². The molecule has 1 amide bonds. The zero-order valence-electron chi connectivity index (χ0n) is 7.44. The van der Waals surface area contributed by atoms with Crippen LogP contribution in [-0.4, -0.2) is 21.1 Å². The third-order valence-electron chi connectivity index (χ3n) is 1.60. The highest BCUT2D eigenvalue weighted by atomic mass is 16.4. The summed E-state index contributed by atoms with van der Waals surface area (Å²) >= 11 is 0. The van der Waals surface area contributed by atoms with Gasteiger partial charge in [-0.25, -0.2) is 0 Å². The number of carbonyl (C=O) groups is 1. The van der Waals surface area contributed by atoms with Gasteiger partial charge < -0.3 is 4.42 Å². The van der Waals surface area contributed by atoms with Gasteiger partial charge in [-0.15, -0.1) is 0 Å². The molecule has 0 atom stereocenters. The van der Waals surface area contributed by atoms with Crippen LogP contribution in [-0.2, 0) is 0 Å². The van der Waals surface area contributed by atoms with E-state index in [1.165, 1.54) is 18.7 Å². The lowest BCUT2D eigenvalue weighted by atomic mass is 10.3. The molecule has 2 heterocycles. The van der Waals surface area contributed by atoms with E-state index in [0.29, 0.717) is 11.3 Å². The second kappa shape index (κ2) is 3.33. The number of hydrogen-bond donors (Lipinski definition) is 2. The van der Waals surface area contributed by atoms with Crippen molar-refractivity contribution in [2.45, 2.75) is 6.92 Å². The Bertz CT molecular complexity index is 432. The van der Waals surface area contributed by atoms with E-state index < -0.39 is 0 Å². The van der Waals surface area contributed by atoms with E-state index in [4.69, 9.17) is 4.42 Å². The van der Waals surface area contributed by atoms with E-state index in [-0.39, 0.29) is 11.9 Å². The number of oxazole rings is 1. The third kappa shape index (κ3) is 1.63. The van der Waals surface area contributed by atoms with Crippen LogP contribution in [0.1, 0.15) is 16.1 Å². The molecule has 2 aromatic rings. The molecule has 14 heavy (non-hydrogen) atoms. The molecule has 2 N–H and O–H groups in total. The van der Waals surface area contributed by atoms with Crippen molar-refractivity contribution < 1.29 is 9.21 Å². The van der Waals surface area contributed by atoms with Gasteiger partial charge >= 0.3 is 6.01 Å². The molecule has 0 saturated carbocycles. The molecule has 2 aromatic heterocycles. The fourth-order valence-corrected chi connectivity index (χ4v) is 0.956. The number of carbonyl (C=O) groups excluding carboxylic acids is 1. The topological polar surface area (TPSA) is 83.8 Å². The molecule has 0 aliphatic heterocycles. The Morgan fingerprint density at radius 3 is 3.07 bits per heavy atom. The molecule has 2 rings (SSSR count). The molecule has 6 nitrogen and oxygen atoms in total. The summed E-state index contributed by atoms with van der Waals surface area (Å²) in [6.07, 6.45) is 4.38. The Hall–Kier alpha value is -2.11. The van der Waals surface area contributed by atoms with Crippen molar-refractivity contribution in [3.05, 3.63) is 29.9 Å². The van der Waals surface area contributed by atoms with Gasteiger partial charge in [0.2, 0.25) is 0 Å². The van der Waals surface area contributed by atoms with Crippen molar-refractivity contribution >= 4 is 11.9 Å². The van der Waals surface area contributed by atoms with Crippen LogP contribution in [0.15, 0.2) is 23.1 Å². The lowest BCUT2D eigenvalue weighted by Gasteiger charge is -1.95. The maximum atomic E-state index is 11.4. The molecular formula is C8H8N4O2. The summed E-state index contributed by atoms with van der Waals surface area (Å²) in [5, 5.41) is 8.68. The minimum Gasteiger partial charge on any atom is -0.432 e. The second-order valence-corrected chi connectivity index (χ2v) is 2.74. The van der Waals surface area contributed by atoms with Crippen LogP contribution in [0.5, 0.6) is 0 Å². The number of rotatable bonds is 2. The summed E-state index contributed by atoms with van der Waals surface area (Å²) < 4.78 is 4.96. The SMILES string of the molecule is Cc1coc(NC(=O)c2cn[nH]c2)n1. The Kier molecular flexibility index (Phi) is 2.02. The van der Waals surface area contributed by atoms with Crippen LogP contribution in [0.4, 0.5) is 6.01 Å². The molecule has 0 saturated heterocycles. The second-order valence-electron chi connectivity index (χ2n) is 2.74. The number of anilines is 1. The minimum absolute atomic E-state index is 0.189. The number of amides is 1. The normalized spacial score (nSPS) is 10.1. The van der Waals surface area contributed by atoms with Gasteiger partial charge in [-0.2, -0.15) is 10.1 Å². The van der Waals surface area contributed by atoms with Gasteiger partial charge in [0.05, 0.1) is 17.5 Å². The number of H-pyrrole nitrogens is 1. The van der Waals surface area contributed by atoms with Crippen LogP contribution in [0, 0.1) is 6.92 Å². The maximum absolute atomic E-state index is 11.4. The lowest BCUT2D eigenvalue weighted by Crippen LogP contribution is -2.11. The first-order valence-electron chi connectivity index (χ1n) is 3.98. The van der Waals surface area contributed by atoms with Gasteiger partial charge in [0.15, 0.2) is 0 Å². The number of nitrogens with zero attached hydrogens (tertiary/aromatic N) is 2. The van der Waals surface area contributed by atoms with Crippen molar-refractivity contribution in [2.75, 3.05) is 5.32 Å². The molecule has 0 radical (unpaired) electrons. The van der Waals surface area contributed by atoms with Crippen molar-refractivity contribution in [3.63, 3.8) is 0 Å². The van der Waals surface area contributed by atoms with E-state index in [0.717, 1.165) is 0 Å². The zero-order valence-corrected chi connectivity index (χ0v) is 7.44. The molecular weight excluding hydrogens is 184 g/mol. The Labute approximate surface area is 79.3 Å². The first kappa shape index (κ1) is 8.49. The van der Waals surface area contributed by atoms with Gasteiger partial charge in [0.1, 0.15) is 6.26 Å². The largest absolute Gasteiger partial charge is 0.432 e. The molecule has 0 spiro atoms. The highest BCUT2D eigenvalue weighted by Gasteiger charge is 2.09. The fraction of sp³-hybridized carbons (Fsp3) is 0.125. The van der Waals surface area contributed by atoms with Crippen LogP contribution in [0.3, 0.4) is 0 Å². The standard InChI is InChI=1S/C8H8N4O2/c1-5-4-14-8(11-5)12-7(13)6-2-9-10-3-6/h2-4H,1H3,(H,9,10)(H,11,12,13). The van der Waals surface area contributed by atoms with Crippen LogP contribution >= 0.6 is 0 Å². The first-order valence-corrected chi connectivity index (χ1v) is 3.98. The van der Waals surface area contributed by atoms with Gasteiger partial charge in [0, 0.05) is 6.20 Å². The monoisotopic (exact) mass is 192 g/mol. The van der Waals surface area contributed by atoms with E-state index in [2.05, 4.69) is 20.5 Å². The average molecular weight is 192 g/mol. The van der Waals surface area contributed by atoms with E-state index in [9.17, 15) is 4.79 Å². The van der Waals surface area contributed by atoms with Gasteiger partial charge in [-0.05, 0) is 6.92 Å². The van der Waals surface area contributed by atoms with Crippen LogP contribution < -0.4 is 5.32 Å². The molecule has 0 fully saturated rings. The minimum atomic E-state index is -0.305. The summed E-state index contributed by atoms with van der Waals surface area (Å²) in [5.41, 5.74) is 1.15. The van der Waals surface area contributed by atoms with Crippen molar-refractivity contribution in [1.82, 2.24) is 15.2 Å². The predicted octanol–water partition coefficient (Wildman–Crippen LogP) is 0.958. The van der Waals surface area contributed by atoms with Crippen molar-refractivity contribution in [3.8, 4) is 0 Å². The van der Waals surface area contributed by atoms with Crippen molar-refractivity contribution in [2.24, 2.45) is 0 Å². The molecule has 0 bridgehead atoms. The summed E-state index contributed by atoms with van der Waals surface area (Å²) in [5.74, 6) is -0.305. The molecule has 72 valence electrons. The van der Waals surface area contributed by atoms with E-state index >= 15 is 0 Å². The summed E-state index contributed by atoms with van der Waals surface area (Å²) in [7, 11) is 0. The molecule has 0 unspecified atom stereocenters. The van der Waals surface area contributed by atoms with Crippen LogP contribution in [0.25, 0.3) is 0 Å². The number of nitrogens with one attached hydrogen (secondary N) is 2. The number of aryl methyl sites for hydroxylation is 1. The number of hydrogen-bond acceptors (Lipinski definition) is 4. The zero-order chi connectivity index (χ0) is 9.97. The quantitative estimate of drug-likeness (QED) is 0.742. The van der Waals surface area contributed by atoms with Gasteiger partial charge in [-0.3, -0.25) is 15.2 Å². The van der Waals surface area contributed by atoms with Crippen LogP contribution in [0.2, 0.25) is 0 Å². The van der Waals surface area contributed by atoms with Gasteiger partial charge in [-0.1, -0.05) is 0 Å². The molecule has 6 heteroatoms. The maximum Gasteiger partial charge on any atom is 0.301 e. The highest BCUT2D eigenvalue weighted by molar-refractivity contribution is 6.02. The molecule has 0 aliphatic carbocycles. The Balaban J connectivity index is 2.09. The summed E-state index contributed by atoms with van der Waals surface area (Å²) in [6, 6.07) is 0.189. The molecule has 0 aliphatic rings. The Morgan fingerprint density at radius 2 is 2.50 bits per heavy atom. The molecule has 0 aromatic carbocycles. The van der Waals surface area contributed by atoms with E-state index in [1.807, 2.05) is 0 Å². The van der Waals surface area contributed by atoms with Gasteiger partial charge in [0.25, 0.3) is 5.91 Å². The summed E-state index contributed by atoms with van der Waals surface area (Å²) in [6.45, 7) is 1.77. The number of aromatic nitrogens is 3. The predicted molar refractivity (Wildman–Crippen MR) is 47.8 cm³/mol. The third-order valence-corrected chi connectivity index (χ3v) is 1.60. The summed E-state index contributed by atoms with van der Waals surface area (Å²) in [4.78, 5) is 15.3.